The van der Waals surface area contributed by atoms with Crippen LogP contribution in [-0.2, 0) is 4.79 Å². The van der Waals surface area contributed by atoms with E-state index < -0.39 is 0 Å². The number of unbranched alkanes of at least 4 members (excludes halogenated alkanes) is 1. The number of oxazole rings is 1. The number of carbonyl (C=O) groups excluding carboxylic acids is 1. The van der Waals surface area contributed by atoms with Crippen molar-refractivity contribution in [2.75, 3.05) is 11.2 Å². The van der Waals surface area contributed by atoms with Crippen LogP contribution in [0.5, 0.6) is 0 Å². The molecule has 0 fully saturated rings. The second-order valence-corrected chi connectivity index (χ2v) is 4.52. The maximum absolute atomic E-state index is 11.6. The second kappa shape index (κ2) is 6.95. The molecule has 0 spiro atoms. The van der Waals surface area contributed by atoms with E-state index in [2.05, 4.69) is 10.3 Å². The zero-order chi connectivity index (χ0) is 13.5. The third-order valence-corrected chi connectivity index (χ3v) is 2.94. The van der Waals surface area contributed by atoms with E-state index in [4.69, 9.17) is 16.0 Å². The first-order valence-electron chi connectivity index (χ1n) is 6.14. The summed E-state index contributed by atoms with van der Waals surface area (Å²) in [5.41, 5.74) is 1.71. The Morgan fingerprint density at radius 3 is 2.68 bits per heavy atom. The molecule has 0 aliphatic carbocycles. The smallest absolute Gasteiger partial charge is 0.224 e. The van der Waals surface area contributed by atoms with Gasteiger partial charge in [-0.1, -0.05) is 0 Å². The molecule has 1 amide bonds. The Hall–Kier alpha value is -1.81. The van der Waals surface area contributed by atoms with E-state index >= 15 is 0 Å². The van der Waals surface area contributed by atoms with Gasteiger partial charge in [0.1, 0.15) is 0 Å². The van der Waals surface area contributed by atoms with Crippen LogP contribution in [0.1, 0.15) is 19.3 Å². The molecule has 2 aromatic rings. The maximum atomic E-state index is 11.6. The molecule has 1 heterocycles. The predicted octanol–water partition coefficient (Wildman–Crippen LogP) is 3.69. The van der Waals surface area contributed by atoms with Gasteiger partial charge < -0.3 is 9.73 Å². The summed E-state index contributed by atoms with van der Waals surface area (Å²) in [6.45, 7) is 0. The first kappa shape index (κ1) is 13.6. The normalized spacial score (nSPS) is 10.4. The summed E-state index contributed by atoms with van der Waals surface area (Å²) in [5, 5.41) is 2.85. The molecule has 0 aliphatic rings. The van der Waals surface area contributed by atoms with Crippen molar-refractivity contribution in [3.05, 3.63) is 36.9 Å². The van der Waals surface area contributed by atoms with Crippen LogP contribution in [0.3, 0.4) is 0 Å². The fraction of sp³-hybridized carbons (Fsp3) is 0.286. The molecule has 0 bridgehead atoms. The first-order chi connectivity index (χ1) is 9.29. The van der Waals surface area contributed by atoms with E-state index in [1.54, 1.807) is 6.20 Å². The monoisotopic (exact) mass is 278 g/mol. The zero-order valence-electron chi connectivity index (χ0n) is 10.4. The lowest BCUT2D eigenvalue weighted by Crippen LogP contribution is -2.10. The Kier molecular flexibility index (Phi) is 4.98. The third kappa shape index (κ3) is 4.10. The molecule has 19 heavy (non-hydrogen) atoms. The van der Waals surface area contributed by atoms with Crippen LogP contribution < -0.4 is 5.32 Å². The summed E-state index contributed by atoms with van der Waals surface area (Å²) in [6.07, 6.45) is 5.21. The summed E-state index contributed by atoms with van der Waals surface area (Å²) in [7, 11) is 0. The standard InChI is InChI=1S/C14H15ClN2O2/c15-8-2-1-3-14(18)17-12-6-4-11(5-7-12)13-9-16-10-19-13/h4-7,9-10H,1-3,8H2,(H,17,18). The van der Waals surface area contributed by atoms with Crippen molar-refractivity contribution in [3.63, 3.8) is 0 Å². The molecule has 2 rings (SSSR count). The van der Waals surface area contributed by atoms with Crippen LogP contribution in [0.4, 0.5) is 5.69 Å². The van der Waals surface area contributed by atoms with Crippen LogP contribution >= 0.6 is 11.6 Å². The van der Waals surface area contributed by atoms with Gasteiger partial charge >= 0.3 is 0 Å². The van der Waals surface area contributed by atoms with Gasteiger partial charge in [-0.2, -0.15) is 0 Å². The summed E-state index contributed by atoms with van der Waals surface area (Å²) in [6, 6.07) is 7.46. The van der Waals surface area contributed by atoms with Crippen molar-refractivity contribution in [1.82, 2.24) is 4.98 Å². The lowest BCUT2D eigenvalue weighted by molar-refractivity contribution is -0.116. The molecule has 0 aliphatic heterocycles. The number of carbonyl (C=O) groups is 1. The SMILES string of the molecule is O=C(CCCCCl)Nc1ccc(-c2cnco2)cc1. The van der Waals surface area contributed by atoms with E-state index in [0.29, 0.717) is 18.1 Å². The van der Waals surface area contributed by atoms with Crippen LogP contribution in [0, 0.1) is 0 Å². The molecular weight excluding hydrogens is 264 g/mol. The highest BCUT2D eigenvalue weighted by Gasteiger charge is 2.04. The number of hydrogen-bond donors (Lipinski definition) is 1. The molecule has 0 unspecified atom stereocenters. The minimum Gasteiger partial charge on any atom is -0.444 e. The Balaban J connectivity index is 1.90. The quantitative estimate of drug-likeness (QED) is 0.648. The molecule has 5 heteroatoms. The van der Waals surface area contributed by atoms with Crippen LogP contribution in [0.15, 0.2) is 41.3 Å². The van der Waals surface area contributed by atoms with Crippen molar-refractivity contribution in [1.29, 1.82) is 0 Å². The summed E-state index contributed by atoms with van der Waals surface area (Å²) in [5.74, 6) is 1.32. The van der Waals surface area contributed by atoms with Gasteiger partial charge in [0.25, 0.3) is 0 Å². The van der Waals surface area contributed by atoms with E-state index in [-0.39, 0.29) is 5.91 Å². The number of nitrogens with one attached hydrogen (secondary N) is 1. The van der Waals surface area contributed by atoms with Crippen LogP contribution in [0.2, 0.25) is 0 Å². The van der Waals surface area contributed by atoms with Crippen LogP contribution in [-0.4, -0.2) is 16.8 Å². The van der Waals surface area contributed by atoms with Crippen molar-refractivity contribution >= 4 is 23.2 Å². The lowest BCUT2D eigenvalue weighted by Gasteiger charge is -2.05. The van der Waals surface area contributed by atoms with Gasteiger partial charge in [0, 0.05) is 23.6 Å². The number of anilines is 1. The summed E-state index contributed by atoms with van der Waals surface area (Å²) >= 11 is 5.57. The Labute approximate surface area is 116 Å². The van der Waals surface area contributed by atoms with E-state index in [9.17, 15) is 4.79 Å². The highest BCUT2D eigenvalue weighted by atomic mass is 35.5. The van der Waals surface area contributed by atoms with Gasteiger partial charge in [-0.25, -0.2) is 4.98 Å². The molecule has 0 saturated carbocycles. The van der Waals surface area contributed by atoms with Gasteiger partial charge in [-0.05, 0) is 37.1 Å². The van der Waals surface area contributed by atoms with Gasteiger partial charge in [-0.3, -0.25) is 4.79 Å². The Morgan fingerprint density at radius 2 is 2.05 bits per heavy atom. The van der Waals surface area contributed by atoms with Gasteiger partial charge in [0.2, 0.25) is 5.91 Å². The van der Waals surface area contributed by atoms with Crippen molar-refractivity contribution in [3.8, 4) is 11.3 Å². The number of benzene rings is 1. The maximum Gasteiger partial charge on any atom is 0.224 e. The number of hydrogen-bond acceptors (Lipinski definition) is 3. The second-order valence-electron chi connectivity index (χ2n) is 4.14. The number of nitrogens with zero attached hydrogens (tertiary/aromatic N) is 1. The number of halogens is 1. The third-order valence-electron chi connectivity index (χ3n) is 2.67. The van der Waals surface area contributed by atoms with E-state index in [1.165, 1.54) is 6.39 Å². The molecule has 1 aromatic carbocycles. The van der Waals surface area contributed by atoms with Gasteiger partial charge in [0.05, 0.1) is 6.20 Å². The van der Waals surface area contributed by atoms with E-state index in [1.807, 2.05) is 24.3 Å². The van der Waals surface area contributed by atoms with Crippen molar-refractivity contribution in [2.24, 2.45) is 0 Å². The molecule has 1 aromatic heterocycles. The highest BCUT2D eigenvalue weighted by molar-refractivity contribution is 6.17. The molecule has 1 N–H and O–H groups in total. The Bertz CT molecular complexity index is 509. The molecular formula is C14H15ClN2O2. The minimum atomic E-state index is 0.0116. The fourth-order valence-corrected chi connectivity index (χ4v) is 1.87. The van der Waals surface area contributed by atoms with Gasteiger partial charge in [-0.15, -0.1) is 11.6 Å². The first-order valence-corrected chi connectivity index (χ1v) is 6.68. The van der Waals surface area contributed by atoms with Gasteiger partial charge in [0.15, 0.2) is 12.2 Å². The number of alkyl halides is 1. The zero-order valence-corrected chi connectivity index (χ0v) is 11.2. The van der Waals surface area contributed by atoms with E-state index in [0.717, 1.165) is 24.1 Å². The fourth-order valence-electron chi connectivity index (χ4n) is 1.68. The van der Waals surface area contributed by atoms with Crippen LogP contribution in [0.25, 0.3) is 11.3 Å². The Morgan fingerprint density at radius 1 is 1.26 bits per heavy atom. The largest absolute Gasteiger partial charge is 0.444 e. The highest BCUT2D eigenvalue weighted by Crippen LogP contribution is 2.20. The van der Waals surface area contributed by atoms with Crippen molar-refractivity contribution < 1.29 is 9.21 Å². The number of aromatic nitrogens is 1. The topological polar surface area (TPSA) is 55.1 Å². The molecule has 4 nitrogen and oxygen atoms in total. The molecule has 100 valence electrons. The minimum absolute atomic E-state index is 0.0116. The summed E-state index contributed by atoms with van der Waals surface area (Å²) < 4.78 is 5.20. The molecule has 0 saturated heterocycles. The summed E-state index contributed by atoms with van der Waals surface area (Å²) in [4.78, 5) is 15.5. The lowest BCUT2D eigenvalue weighted by atomic mass is 10.1. The van der Waals surface area contributed by atoms with Crippen molar-refractivity contribution in [2.45, 2.75) is 19.3 Å². The number of rotatable bonds is 6. The average Bonchev–Trinajstić information content (AvgIpc) is 2.94. The number of amides is 1. The predicted molar refractivity (Wildman–Crippen MR) is 75.1 cm³/mol. The molecule has 0 atom stereocenters. The average molecular weight is 279 g/mol. The molecule has 0 radical (unpaired) electrons.